The number of hydrogen-bond donors (Lipinski definition) is 1. The van der Waals surface area contributed by atoms with Crippen molar-refractivity contribution in [2.24, 2.45) is 0 Å². The van der Waals surface area contributed by atoms with Gasteiger partial charge < -0.3 is 10.1 Å². The minimum Gasteiger partial charge on any atom is -0.382 e. The Morgan fingerprint density at radius 3 is 2.25 bits per heavy atom. The molecule has 0 saturated heterocycles. The Morgan fingerprint density at radius 1 is 1.10 bits per heavy atom. The highest BCUT2D eigenvalue weighted by molar-refractivity contribution is 5.25. The van der Waals surface area contributed by atoms with Crippen LogP contribution in [-0.4, -0.2) is 25.8 Å². The normalized spacial score (nSPS) is 14.5. The van der Waals surface area contributed by atoms with Crippen LogP contribution in [0.3, 0.4) is 0 Å². The van der Waals surface area contributed by atoms with Crippen molar-refractivity contribution in [3.8, 4) is 0 Å². The molecule has 0 spiro atoms. The van der Waals surface area contributed by atoms with Crippen LogP contribution in [0.2, 0.25) is 0 Å². The van der Waals surface area contributed by atoms with Gasteiger partial charge in [-0.15, -0.1) is 0 Å². The summed E-state index contributed by atoms with van der Waals surface area (Å²) < 4.78 is 5.41. The van der Waals surface area contributed by atoms with Gasteiger partial charge in [0.1, 0.15) is 0 Å². The van der Waals surface area contributed by atoms with Gasteiger partial charge in [0.25, 0.3) is 0 Å². The molecule has 1 rings (SSSR count). The fourth-order valence-corrected chi connectivity index (χ4v) is 2.41. The molecule has 0 radical (unpaired) electrons. The summed E-state index contributed by atoms with van der Waals surface area (Å²) in [6.07, 6.45) is 3.61. The predicted octanol–water partition coefficient (Wildman–Crippen LogP) is 4.15. The van der Waals surface area contributed by atoms with Crippen LogP contribution in [0.1, 0.15) is 57.6 Å². The van der Waals surface area contributed by atoms with Crippen molar-refractivity contribution in [2.45, 2.75) is 65.0 Å². The van der Waals surface area contributed by atoms with Crippen molar-refractivity contribution in [2.75, 3.05) is 13.7 Å². The third-order valence-electron chi connectivity index (χ3n) is 3.83. The van der Waals surface area contributed by atoms with Crippen molar-refractivity contribution in [3.63, 3.8) is 0 Å². The zero-order chi connectivity index (χ0) is 15.0. The van der Waals surface area contributed by atoms with Gasteiger partial charge in [-0.1, -0.05) is 45.0 Å². The van der Waals surface area contributed by atoms with Gasteiger partial charge in [-0.05, 0) is 49.8 Å². The van der Waals surface area contributed by atoms with Crippen molar-refractivity contribution in [3.05, 3.63) is 35.4 Å². The maximum Gasteiger partial charge on any atom is 0.0558 e. The van der Waals surface area contributed by atoms with E-state index in [0.717, 1.165) is 19.4 Å². The summed E-state index contributed by atoms with van der Waals surface area (Å²) in [5, 5.41) is 3.64. The molecule has 0 amide bonds. The van der Waals surface area contributed by atoms with E-state index < -0.39 is 0 Å². The van der Waals surface area contributed by atoms with Gasteiger partial charge in [0, 0.05) is 13.2 Å². The number of methoxy groups -OCH3 is 1. The summed E-state index contributed by atoms with van der Waals surface area (Å²) in [5.41, 5.74) is 2.82. The molecule has 0 aliphatic carbocycles. The monoisotopic (exact) mass is 277 g/mol. The van der Waals surface area contributed by atoms with E-state index in [4.69, 9.17) is 4.74 Å². The molecule has 0 fully saturated rings. The molecule has 0 saturated carbocycles. The largest absolute Gasteiger partial charge is 0.382 e. The zero-order valence-electron chi connectivity index (χ0n) is 13.8. The van der Waals surface area contributed by atoms with Crippen LogP contribution in [0.5, 0.6) is 0 Å². The summed E-state index contributed by atoms with van der Waals surface area (Å²) in [4.78, 5) is 0. The highest BCUT2D eigenvalue weighted by Crippen LogP contribution is 2.16. The topological polar surface area (TPSA) is 21.3 Å². The molecule has 1 aromatic carbocycles. The van der Waals surface area contributed by atoms with E-state index in [-0.39, 0.29) is 0 Å². The second kappa shape index (κ2) is 9.15. The fraction of sp³-hybridized carbons (Fsp3) is 0.667. The van der Waals surface area contributed by atoms with Gasteiger partial charge in [0.05, 0.1) is 6.10 Å². The minimum atomic E-state index is 0.305. The Hall–Kier alpha value is -0.860. The Balaban J connectivity index is 2.62. The highest BCUT2D eigenvalue weighted by Gasteiger charge is 2.13. The molecule has 1 N–H and O–H groups in total. The quantitative estimate of drug-likeness (QED) is 0.732. The van der Waals surface area contributed by atoms with Crippen LogP contribution in [0, 0.1) is 0 Å². The van der Waals surface area contributed by atoms with Crippen molar-refractivity contribution >= 4 is 0 Å². The lowest BCUT2D eigenvalue weighted by molar-refractivity contribution is 0.100. The van der Waals surface area contributed by atoms with Crippen LogP contribution in [0.15, 0.2) is 24.3 Å². The molecule has 0 aliphatic rings. The first-order valence-electron chi connectivity index (χ1n) is 7.91. The molecule has 2 heteroatoms. The van der Waals surface area contributed by atoms with Gasteiger partial charge in [0.15, 0.2) is 0 Å². The maximum atomic E-state index is 5.41. The predicted molar refractivity (Wildman–Crippen MR) is 87.4 cm³/mol. The standard InChI is InChI=1S/C18H31NO/c1-6-11-19-18(12-15(4)20-5)13-16-7-9-17(10-8-16)14(2)3/h7-10,14-15,18-19H,6,11-13H2,1-5H3. The van der Waals surface area contributed by atoms with Gasteiger partial charge in [-0.2, -0.15) is 0 Å². The van der Waals surface area contributed by atoms with Gasteiger partial charge in [-0.3, -0.25) is 0 Å². The number of rotatable bonds is 9. The maximum absolute atomic E-state index is 5.41. The number of ether oxygens (including phenoxy) is 1. The second-order valence-corrected chi connectivity index (χ2v) is 6.03. The average Bonchev–Trinajstić information content (AvgIpc) is 2.45. The first kappa shape index (κ1) is 17.2. The van der Waals surface area contributed by atoms with E-state index in [2.05, 4.69) is 57.3 Å². The van der Waals surface area contributed by atoms with E-state index in [1.165, 1.54) is 17.5 Å². The molecule has 20 heavy (non-hydrogen) atoms. The smallest absolute Gasteiger partial charge is 0.0558 e. The molecule has 1 aromatic rings. The minimum absolute atomic E-state index is 0.305. The van der Waals surface area contributed by atoms with E-state index in [0.29, 0.717) is 18.1 Å². The lowest BCUT2D eigenvalue weighted by Crippen LogP contribution is -2.35. The molecule has 114 valence electrons. The van der Waals surface area contributed by atoms with Crippen LogP contribution in [0.4, 0.5) is 0 Å². The summed E-state index contributed by atoms with van der Waals surface area (Å²) in [6.45, 7) is 9.90. The molecule has 2 nitrogen and oxygen atoms in total. The highest BCUT2D eigenvalue weighted by atomic mass is 16.5. The van der Waals surface area contributed by atoms with Crippen molar-refractivity contribution < 1.29 is 4.74 Å². The molecule has 0 aromatic heterocycles. The van der Waals surface area contributed by atoms with E-state index in [1.807, 2.05) is 0 Å². The first-order valence-corrected chi connectivity index (χ1v) is 7.91. The van der Waals surface area contributed by atoms with Gasteiger partial charge in [-0.25, -0.2) is 0 Å². The van der Waals surface area contributed by atoms with E-state index in [9.17, 15) is 0 Å². The van der Waals surface area contributed by atoms with Gasteiger partial charge >= 0.3 is 0 Å². The lowest BCUT2D eigenvalue weighted by atomic mass is 9.97. The first-order chi connectivity index (χ1) is 9.56. The third kappa shape index (κ3) is 6.06. The molecule has 2 unspecified atom stereocenters. The van der Waals surface area contributed by atoms with Gasteiger partial charge in [0.2, 0.25) is 0 Å². The summed E-state index contributed by atoms with van der Waals surface area (Å²) in [6, 6.07) is 9.56. The van der Waals surface area contributed by atoms with Crippen LogP contribution < -0.4 is 5.32 Å². The van der Waals surface area contributed by atoms with E-state index >= 15 is 0 Å². The number of nitrogens with one attached hydrogen (secondary N) is 1. The molecule has 2 atom stereocenters. The molecular weight excluding hydrogens is 246 g/mol. The third-order valence-corrected chi connectivity index (χ3v) is 3.83. The van der Waals surface area contributed by atoms with Crippen molar-refractivity contribution in [1.82, 2.24) is 5.32 Å². The Kier molecular flexibility index (Phi) is 7.86. The average molecular weight is 277 g/mol. The zero-order valence-corrected chi connectivity index (χ0v) is 13.8. The second-order valence-electron chi connectivity index (χ2n) is 6.03. The molecule has 0 heterocycles. The Labute approximate surface area is 124 Å². The summed E-state index contributed by atoms with van der Waals surface area (Å²) in [7, 11) is 1.79. The Bertz CT molecular complexity index is 358. The SMILES string of the molecule is CCCNC(Cc1ccc(C(C)C)cc1)CC(C)OC. The number of hydrogen-bond acceptors (Lipinski definition) is 2. The van der Waals surface area contributed by atoms with Crippen LogP contribution in [-0.2, 0) is 11.2 Å². The fourth-order valence-electron chi connectivity index (χ4n) is 2.41. The van der Waals surface area contributed by atoms with E-state index in [1.54, 1.807) is 7.11 Å². The molecular formula is C18H31NO. The summed E-state index contributed by atoms with van der Waals surface area (Å²) in [5.74, 6) is 0.603. The lowest BCUT2D eigenvalue weighted by Gasteiger charge is -2.22. The van der Waals surface area contributed by atoms with Crippen molar-refractivity contribution in [1.29, 1.82) is 0 Å². The molecule has 0 bridgehead atoms. The Morgan fingerprint density at radius 2 is 1.75 bits per heavy atom. The van der Waals surface area contributed by atoms with Crippen LogP contribution >= 0.6 is 0 Å². The molecule has 0 aliphatic heterocycles. The summed E-state index contributed by atoms with van der Waals surface area (Å²) >= 11 is 0. The van der Waals surface area contributed by atoms with Crippen LogP contribution in [0.25, 0.3) is 0 Å². The number of benzene rings is 1.